The molecular formula is C22H28ClN5O3. The van der Waals surface area contributed by atoms with E-state index in [4.69, 9.17) is 11.6 Å². The van der Waals surface area contributed by atoms with Crippen LogP contribution in [0.1, 0.15) is 39.2 Å². The van der Waals surface area contributed by atoms with Crippen molar-refractivity contribution in [2.45, 2.75) is 59.8 Å². The maximum Gasteiger partial charge on any atom is 0.333 e. The lowest BCUT2D eigenvalue weighted by Crippen LogP contribution is -2.44. The van der Waals surface area contributed by atoms with Crippen LogP contribution in [0.4, 0.5) is 0 Å². The van der Waals surface area contributed by atoms with E-state index in [0.717, 1.165) is 23.0 Å². The summed E-state index contributed by atoms with van der Waals surface area (Å²) in [6.45, 7) is 7.09. The molecule has 0 radical (unpaired) electrons. The van der Waals surface area contributed by atoms with Crippen LogP contribution in [0.5, 0.6) is 0 Å². The lowest BCUT2D eigenvalue weighted by Gasteiger charge is -2.13. The highest BCUT2D eigenvalue weighted by molar-refractivity contribution is 6.30. The Morgan fingerprint density at radius 1 is 1.16 bits per heavy atom. The molecule has 3 rings (SSSR count). The maximum absolute atomic E-state index is 13.2. The number of rotatable bonds is 9. The number of imidazole rings is 1. The first-order valence-electron chi connectivity index (χ1n) is 10.5. The van der Waals surface area contributed by atoms with Gasteiger partial charge >= 0.3 is 5.69 Å². The summed E-state index contributed by atoms with van der Waals surface area (Å²) in [5.74, 6) is -0.116. The van der Waals surface area contributed by atoms with Crippen LogP contribution in [0.25, 0.3) is 11.2 Å². The molecule has 0 fully saturated rings. The second kappa shape index (κ2) is 9.96. The molecule has 0 bridgehead atoms. The quantitative estimate of drug-likeness (QED) is 0.548. The zero-order valence-corrected chi connectivity index (χ0v) is 18.9. The van der Waals surface area contributed by atoms with Gasteiger partial charge in [-0.15, -0.1) is 0 Å². The normalized spacial score (nSPS) is 11.4. The number of fused-ring (bicyclic) bond motifs is 1. The van der Waals surface area contributed by atoms with E-state index in [0.29, 0.717) is 35.2 Å². The minimum absolute atomic E-state index is 0.280. The molecule has 31 heavy (non-hydrogen) atoms. The molecule has 0 atom stereocenters. The van der Waals surface area contributed by atoms with E-state index in [9.17, 15) is 14.4 Å². The fourth-order valence-electron chi connectivity index (χ4n) is 3.43. The smallest absolute Gasteiger partial charge is 0.333 e. The Bertz CT molecular complexity index is 1170. The number of benzene rings is 1. The highest BCUT2D eigenvalue weighted by Crippen LogP contribution is 2.11. The number of aryl methyl sites for hydroxylation is 1. The summed E-state index contributed by atoms with van der Waals surface area (Å²) in [6, 6.07) is 7.10. The fraction of sp³-hybridized carbons (Fsp3) is 0.455. The monoisotopic (exact) mass is 445 g/mol. The molecule has 8 nitrogen and oxygen atoms in total. The highest BCUT2D eigenvalue weighted by atomic mass is 35.5. The third-order valence-corrected chi connectivity index (χ3v) is 5.24. The second-order valence-electron chi connectivity index (χ2n) is 8.05. The molecule has 1 amide bonds. The molecule has 1 aromatic carbocycles. The Labute approximate surface area is 185 Å². The third kappa shape index (κ3) is 5.25. The highest BCUT2D eigenvalue weighted by Gasteiger charge is 2.19. The first kappa shape index (κ1) is 22.8. The van der Waals surface area contributed by atoms with Crippen molar-refractivity contribution in [3.63, 3.8) is 0 Å². The molecular weight excluding hydrogens is 418 g/mol. The average molecular weight is 446 g/mol. The van der Waals surface area contributed by atoms with Gasteiger partial charge in [0.05, 0.1) is 6.33 Å². The summed E-state index contributed by atoms with van der Waals surface area (Å²) in [7, 11) is 0. The summed E-state index contributed by atoms with van der Waals surface area (Å²) in [5, 5.41) is 3.37. The van der Waals surface area contributed by atoms with Gasteiger partial charge in [-0.1, -0.05) is 50.9 Å². The third-order valence-electron chi connectivity index (χ3n) is 4.99. The van der Waals surface area contributed by atoms with Crippen LogP contribution in [0.15, 0.2) is 40.2 Å². The zero-order valence-electron chi connectivity index (χ0n) is 18.1. The molecule has 1 N–H and O–H groups in total. The molecule has 2 heterocycles. The van der Waals surface area contributed by atoms with E-state index < -0.39 is 17.2 Å². The van der Waals surface area contributed by atoms with Crippen LogP contribution >= 0.6 is 11.6 Å². The van der Waals surface area contributed by atoms with Crippen LogP contribution in [-0.2, 0) is 31.0 Å². The molecule has 9 heteroatoms. The largest absolute Gasteiger partial charge is 0.350 e. The van der Waals surface area contributed by atoms with E-state index >= 15 is 0 Å². The topological polar surface area (TPSA) is 90.9 Å². The molecule has 0 aliphatic carbocycles. The van der Waals surface area contributed by atoms with Gasteiger partial charge in [0.2, 0.25) is 5.91 Å². The first-order chi connectivity index (χ1) is 14.8. The van der Waals surface area contributed by atoms with Crippen LogP contribution in [-0.4, -0.2) is 24.6 Å². The number of hydrogen-bond donors (Lipinski definition) is 1. The number of halogens is 1. The molecule has 0 saturated heterocycles. The van der Waals surface area contributed by atoms with Crippen molar-refractivity contribution in [2.75, 3.05) is 0 Å². The van der Waals surface area contributed by atoms with Crippen molar-refractivity contribution in [3.8, 4) is 0 Å². The molecule has 3 aromatic rings. The number of hydrogen-bond acceptors (Lipinski definition) is 4. The van der Waals surface area contributed by atoms with Gasteiger partial charge in [0.15, 0.2) is 11.2 Å². The van der Waals surface area contributed by atoms with E-state index in [2.05, 4.69) is 10.3 Å². The van der Waals surface area contributed by atoms with Gasteiger partial charge in [-0.3, -0.25) is 14.2 Å². The van der Waals surface area contributed by atoms with Crippen LogP contribution in [0.2, 0.25) is 5.02 Å². The summed E-state index contributed by atoms with van der Waals surface area (Å²) >= 11 is 5.88. The van der Waals surface area contributed by atoms with E-state index in [1.165, 1.54) is 4.57 Å². The average Bonchev–Trinajstić information content (AvgIpc) is 3.13. The zero-order chi connectivity index (χ0) is 22.5. The molecule has 0 spiro atoms. The minimum Gasteiger partial charge on any atom is -0.350 e. The molecule has 0 saturated carbocycles. The van der Waals surface area contributed by atoms with Gasteiger partial charge in [0.1, 0.15) is 6.54 Å². The van der Waals surface area contributed by atoms with Crippen LogP contribution < -0.4 is 16.6 Å². The number of carbonyl (C=O) groups excluding carboxylic acids is 1. The van der Waals surface area contributed by atoms with Crippen molar-refractivity contribution >= 4 is 28.7 Å². The molecule has 2 aromatic heterocycles. The Morgan fingerprint density at radius 2 is 1.87 bits per heavy atom. The fourth-order valence-corrected chi connectivity index (χ4v) is 3.56. The minimum atomic E-state index is -0.512. The molecule has 0 aliphatic rings. The predicted octanol–water partition coefficient (Wildman–Crippen LogP) is 2.79. The molecule has 0 aliphatic heterocycles. The number of aromatic nitrogens is 4. The second-order valence-corrected chi connectivity index (χ2v) is 8.48. The van der Waals surface area contributed by atoms with Gasteiger partial charge in [-0.25, -0.2) is 14.3 Å². The Balaban J connectivity index is 1.94. The van der Waals surface area contributed by atoms with Crippen molar-refractivity contribution < 1.29 is 4.79 Å². The van der Waals surface area contributed by atoms with Crippen molar-refractivity contribution in [3.05, 3.63) is 62.0 Å². The lowest BCUT2D eigenvalue weighted by molar-refractivity contribution is -0.121. The molecule has 166 valence electrons. The SMILES string of the molecule is CCCCn1c(=O)n(CC(=O)NCc2ccc(Cl)cc2)c(=O)c2c1ncn2CC(C)C. The van der Waals surface area contributed by atoms with Crippen molar-refractivity contribution in [2.24, 2.45) is 5.92 Å². The van der Waals surface area contributed by atoms with E-state index in [1.54, 1.807) is 23.0 Å². The number of amides is 1. The number of nitrogens with one attached hydrogen (secondary N) is 1. The summed E-state index contributed by atoms with van der Waals surface area (Å²) in [6.07, 6.45) is 3.26. The first-order valence-corrected chi connectivity index (χ1v) is 10.9. The van der Waals surface area contributed by atoms with E-state index in [-0.39, 0.29) is 13.1 Å². The van der Waals surface area contributed by atoms with Crippen molar-refractivity contribution in [1.82, 2.24) is 24.0 Å². The van der Waals surface area contributed by atoms with Gasteiger partial charge in [0, 0.05) is 24.7 Å². The van der Waals surface area contributed by atoms with Crippen LogP contribution in [0.3, 0.4) is 0 Å². The Kier molecular flexibility index (Phi) is 7.33. The van der Waals surface area contributed by atoms with Crippen LogP contribution in [0, 0.1) is 5.92 Å². The van der Waals surface area contributed by atoms with Gasteiger partial charge in [-0.05, 0) is 30.0 Å². The number of unbranched alkanes of at least 4 members (excludes halogenated alkanes) is 1. The standard InChI is InChI=1S/C22H28ClN5O3/c1-4-5-10-27-20-19(26(14-25-20)12-15(2)3)21(30)28(22(27)31)13-18(29)24-11-16-6-8-17(23)9-7-16/h6-9,14-15H,4-5,10-13H2,1-3H3,(H,24,29). The van der Waals surface area contributed by atoms with Crippen molar-refractivity contribution in [1.29, 1.82) is 0 Å². The van der Waals surface area contributed by atoms with Gasteiger partial charge in [-0.2, -0.15) is 0 Å². The number of nitrogens with zero attached hydrogens (tertiary/aromatic N) is 4. The summed E-state index contributed by atoms with van der Waals surface area (Å²) in [5.41, 5.74) is 0.600. The summed E-state index contributed by atoms with van der Waals surface area (Å²) < 4.78 is 4.28. The van der Waals surface area contributed by atoms with E-state index in [1.807, 2.05) is 32.9 Å². The maximum atomic E-state index is 13.2. The summed E-state index contributed by atoms with van der Waals surface area (Å²) in [4.78, 5) is 43.2. The Morgan fingerprint density at radius 3 is 2.52 bits per heavy atom. The van der Waals surface area contributed by atoms with Gasteiger partial charge in [0.25, 0.3) is 5.56 Å². The number of carbonyl (C=O) groups is 1. The lowest BCUT2D eigenvalue weighted by atomic mass is 10.2. The molecule has 0 unspecified atom stereocenters. The van der Waals surface area contributed by atoms with Gasteiger partial charge < -0.3 is 9.88 Å². The predicted molar refractivity (Wildman–Crippen MR) is 121 cm³/mol. The Hall–Kier alpha value is -2.87.